The summed E-state index contributed by atoms with van der Waals surface area (Å²) in [6.45, 7) is 2.58. The molecular formula is C29H18O9. The number of ether oxygens (including phenoxy) is 4. The summed E-state index contributed by atoms with van der Waals surface area (Å²) in [6.07, 6.45) is 0. The molecule has 1 spiro atoms. The summed E-state index contributed by atoms with van der Waals surface area (Å²) in [5, 5.41) is 11.0. The zero-order chi connectivity index (χ0) is 26.8. The summed E-state index contributed by atoms with van der Waals surface area (Å²) in [4.78, 5) is 48.0. The molecule has 0 fully saturated rings. The molecule has 188 valence electrons. The highest BCUT2D eigenvalue weighted by molar-refractivity contribution is 6.00. The summed E-state index contributed by atoms with van der Waals surface area (Å²) in [5.41, 5.74) is -0.0518. The van der Waals surface area contributed by atoms with Gasteiger partial charge >= 0.3 is 23.9 Å². The second kappa shape index (κ2) is 8.17. The van der Waals surface area contributed by atoms with Crippen molar-refractivity contribution in [2.24, 2.45) is 0 Å². The molecule has 0 saturated heterocycles. The SMILES string of the molecule is CC(=O)Oc1ccc2c(c1)Oc1c(ccc3cc(OC(C)=O)ccc13)C21OC(=O)c2ccc(C(=O)O)cc21. The molecule has 0 saturated carbocycles. The lowest BCUT2D eigenvalue weighted by atomic mass is 9.76. The van der Waals surface area contributed by atoms with E-state index in [2.05, 4.69) is 0 Å². The first kappa shape index (κ1) is 23.2. The van der Waals surface area contributed by atoms with Crippen LogP contribution in [0.3, 0.4) is 0 Å². The Balaban J connectivity index is 1.66. The van der Waals surface area contributed by atoms with Gasteiger partial charge in [-0.15, -0.1) is 0 Å². The number of benzene rings is 4. The van der Waals surface area contributed by atoms with Crippen molar-refractivity contribution in [3.63, 3.8) is 0 Å². The highest BCUT2D eigenvalue weighted by Crippen LogP contribution is 2.58. The molecule has 9 nitrogen and oxygen atoms in total. The van der Waals surface area contributed by atoms with Crippen molar-refractivity contribution < 1.29 is 43.2 Å². The molecular weight excluding hydrogens is 492 g/mol. The van der Waals surface area contributed by atoms with Crippen LogP contribution in [0, 0.1) is 0 Å². The average molecular weight is 510 g/mol. The van der Waals surface area contributed by atoms with E-state index in [4.69, 9.17) is 18.9 Å². The first-order chi connectivity index (χ1) is 18.2. The lowest BCUT2D eigenvalue weighted by Gasteiger charge is -2.37. The van der Waals surface area contributed by atoms with Crippen LogP contribution in [0.4, 0.5) is 0 Å². The van der Waals surface area contributed by atoms with Crippen molar-refractivity contribution in [3.8, 4) is 23.0 Å². The van der Waals surface area contributed by atoms with E-state index in [1.807, 2.05) is 0 Å². The van der Waals surface area contributed by atoms with Crippen molar-refractivity contribution in [3.05, 3.63) is 94.5 Å². The Morgan fingerprint density at radius 1 is 0.789 bits per heavy atom. The molecule has 1 atom stereocenters. The molecule has 0 bridgehead atoms. The van der Waals surface area contributed by atoms with E-state index in [-0.39, 0.29) is 22.6 Å². The largest absolute Gasteiger partial charge is 0.478 e. The van der Waals surface area contributed by atoms with Gasteiger partial charge in [-0.3, -0.25) is 9.59 Å². The molecule has 38 heavy (non-hydrogen) atoms. The Morgan fingerprint density at radius 2 is 1.47 bits per heavy atom. The number of aromatic carboxylic acids is 1. The lowest BCUT2D eigenvalue weighted by molar-refractivity contribution is -0.132. The fourth-order valence-electron chi connectivity index (χ4n) is 5.05. The first-order valence-corrected chi connectivity index (χ1v) is 11.5. The summed E-state index contributed by atoms with van der Waals surface area (Å²) in [5.74, 6) is -1.59. The van der Waals surface area contributed by atoms with Gasteiger partial charge in [-0.25, -0.2) is 9.59 Å². The van der Waals surface area contributed by atoms with Gasteiger partial charge in [-0.2, -0.15) is 0 Å². The van der Waals surface area contributed by atoms with Gasteiger partial charge in [0.2, 0.25) is 0 Å². The Morgan fingerprint density at radius 3 is 2.18 bits per heavy atom. The Kier molecular flexibility index (Phi) is 5.00. The van der Waals surface area contributed by atoms with Gasteiger partial charge in [0, 0.05) is 42.0 Å². The minimum atomic E-state index is -1.53. The van der Waals surface area contributed by atoms with Crippen LogP contribution in [0.1, 0.15) is 51.3 Å². The number of esters is 3. The number of hydrogen-bond acceptors (Lipinski definition) is 8. The quantitative estimate of drug-likeness (QED) is 0.301. The maximum absolute atomic E-state index is 13.1. The number of rotatable bonds is 3. The smallest absolute Gasteiger partial charge is 0.340 e. The van der Waals surface area contributed by atoms with E-state index in [0.29, 0.717) is 39.0 Å². The Bertz CT molecular complexity index is 1740. The third kappa shape index (κ3) is 3.40. The molecule has 0 aliphatic carbocycles. The lowest BCUT2D eigenvalue weighted by Crippen LogP contribution is -2.33. The van der Waals surface area contributed by atoms with Gasteiger partial charge in [0.05, 0.1) is 11.1 Å². The fourth-order valence-corrected chi connectivity index (χ4v) is 5.05. The second-order valence-electron chi connectivity index (χ2n) is 8.91. The second-order valence-corrected chi connectivity index (χ2v) is 8.91. The van der Waals surface area contributed by atoms with Crippen LogP contribution in [0.2, 0.25) is 0 Å². The molecule has 1 unspecified atom stereocenters. The van der Waals surface area contributed by atoms with Crippen molar-refractivity contribution in [2.45, 2.75) is 19.4 Å². The fraction of sp³-hybridized carbons (Fsp3) is 0.103. The maximum atomic E-state index is 13.1. The molecule has 4 aromatic rings. The average Bonchev–Trinajstić information content (AvgIpc) is 3.15. The van der Waals surface area contributed by atoms with E-state index < -0.39 is 29.5 Å². The molecule has 0 aromatic heterocycles. The number of carbonyl (C=O) groups is 4. The van der Waals surface area contributed by atoms with Crippen LogP contribution in [0.5, 0.6) is 23.0 Å². The van der Waals surface area contributed by atoms with Crippen molar-refractivity contribution >= 4 is 34.6 Å². The van der Waals surface area contributed by atoms with Crippen molar-refractivity contribution in [1.82, 2.24) is 0 Å². The summed E-state index contributed by atoms with van der Waals surface area (Å²) >= 11 is 0. The number of hydrogen-bond donors (Lipinski definition) is 1. The molecule has 2 heterocycles. The number of fused-ring (bicyclic) bond motifs is 8. The molecule has 0 radical (unpaired) electrons. The van der Waals surface area contributed by atoms with Crippen LogP contribution in [-0.2, 0) is 19.9 Å². The molecule has 9 heteroatoms. The predicted molar refractivity (Wildman–Crippen MR) is 132 cm³/mol. The minimum Gasteiger partial charge on any atom is -0.478 e. The third-order valence-corrected chi connectivity index (χ3v) is 6.50. The summed E-state index contributed by atoms with van der Waals surface area (Å²) in [6, 6.07) is 17.4. The van der Waals surface area contributed by atoms with Gasteiger partial charge in [0.25, 0.3) is 0 Å². The van der Waals surface area contributed by atoms with Crippen LogP contribution in [0.15, 0.2) is 66.7 Å². The minimum absolute atomic E-state index is 0.0145. The monoisotopic (exact) mass is 510 g/mol. The van der Waals surface area contributed by atoms with Crippen LogP contribution in [-0.4, -0.2) is 29.0 Å². The standard InChI is InChI=1S/C29H18O9/c1-14(30)35-18-5-8-20-16(11-18)4-9-23-26(20)37-25-13-19(36-15(2)31)6-10-22(25)29(23)24-12-17(27(32)33)3-7-21(24)28(34)38-29/h3-13H,1-2H3,(H,32,33). The normalized spacial score (nSPS) is 16.6. The molecule has 2 aliphatic heterocycles. The molecule has 1 N–H and O–H groups in total. The topological polar surface area (TPSA) is 125 Å². The van der Waals surface area contributed by atoms with E-state index in [1.165, 1.54) is 38.1 Å². The van der Waals surface area contributed by atoms with E-state index in [0.717, 1.165) is 0 Å². The van der Waals surface area contributed by atoms with Crippen molar-refractivity contribution in [1.29, 1.82) is 0 Å². The zero-order valence-electron chi connectivity index (χ0n) is 20.1. The predicted octanol–water partition coefficient (Wildman–Crippen LogP) is 4.96. The van der Waals surface area contributed by atoms with Crippen LogP contribution >= 0.6 is 0 Å². The van der Waals surface area contributed by atoms with E-state index in [9.17, 15) is 24.3 Å². The number of carboxylic acid groups (broad SMARTS) is 1. The van der Waals surface area contributed by atoms with Crippen LogP contribution in [0.25, 0.3) is 10.8 Å². The summed E-state index contributed by atoms with van der Waals surface area (Å²) < 4.78 is 22.9. The highest BCUT2D eigenvalue weighted by atomic mass is 16.6. The van der Waals surface area contributed by atoms with E-state index >= 15 is 0 Å². The van der Waals surface area contributed by atoms with Gasteiger partial charge in [-0.05, 0) is 60.0 Å². The molecule has 2 aliphatic rings. The highest BCUT2D eigenvalue weighted by Gasteiger charge is 2.54. The first-order valence-electron chi connectivity index (χ1n) is 11.5. The Hall–Kier alpha value is -5.18. The van der Waals surface area contributed by atoms with Gasteiger partial charge in [0.1, 0.15) is 23.0 Å². The Labute approximate surface area is 215 Å². The number of carboxylic acids is 1. The maximum Gasteiger partial charge on any atom is 0.340 e. The molecule has 4 aromatic carbocycles. The van der Waals surface area contributed by atoms with Crippen LogP contribution < -0.4 is 14.2 Å². The third-order valence-electron chi connectivity index (χ3n) is 6.50. The zero-order valence-corrected chi connectivity index (χ0v) is 20.1. The van der Waals surface area contributed by atoms with Crippen molar-refractivity contribution in [2.75, 3.05) is 0 Å². The van der Waals surface area contributed by atoms with Gasteiger partial charge < -0.3 is 24.1 Å². The van der Waals surface area contributed by atoms with E-state index in [1.54, 1.807) is 42.5 Å². The van der Waals surface area contributed by atoms with Gasteiger partial charge in [0.15, 0.2) is 5.60 Å². The van der Waals surface area contributed by atoms with Gasteiger partial charge in [-0.1, -0.05) is 6.07 Å². The number of carbonyl (C=O) groups excluding carboxylic acids is 3. The molecule has 0 amide bonds. The molecule has 6 rings (SSSR count). The summed E-state index contributed by atoms with van der Waals surface area (Å²) in [7, 11) is 0.